The van der Waals surface area contributed by atoms with E-state index in [2.05, 4.69) is 33.0 Å². The highest BCUT2D eigenvalue weighted by Gasteiger charge is 2.17. The average Bonchev–Trinajstić information content (AvgIpc) is 2.37. The first-order valence-corrected chi connectivity index (χ1v) is 7.98. The lowest BCUT2D eigenvalue weighted by Crippen LogP contribution is -2.32. The van der Waals surface area contributed by atoms with Gasteiger partial charge in [0.25, 0.3) is 0 Å². The summed E-state index contributed by atoms with van der Waals surface area (Å²) in [6.07, 6.45) is 3.13. The first-order valence-electron chi connectivity index (χ1n) is 7.22. The van der Waals surface area contributed by atoms with Gasteiger partial charge in [-0.2, -0.15) is 0 Å². The monoisotopic (exact) mass is 327 g/mol. The van der Waals surface area contributed by atoms with E-state index in [0.717, 1.165) is 0 Å². The minimum Gasteiger partial charge on any atom is -0.352 e. The molecular weight excluding hydrogens is 305 g/mol. The highest BCUT2D eigenvalue weighted by Crippen LogP contribution is 2.25. The molecule has 1 aromatic carbocycles. The molecule has 2 nitrogen and oxygen atoms in total. The molecule has 0 bridgehead atoms. The standard InChI is InChI=1S/C17H23Cl2NO/c1-11(2)14(12(3)4)10-20-17(21)9-8-13-15(18)6-5-7-16(13)19/h5-9,11-12,14H,10H2,1-4H3,(H,20,21)/b9-8+. The predicted octanol–water partition coefficient (Wildman–Crippen LogP) is 5.05. The van der Waals surface area contributed by atoms with E-state index < -0.39 is 0 Å². The zero-order valence-electron chi connectivity index (χ0n) is 13.0. The van der Waals surface area contributed by atoms with Crippen LogP contribution in [0, 0.1) is 17.8 Å². The highest BCUT2D eigenvalue weighted by molar-refractivity contribution is 6.37. The lowest BCUT2D eigenvalue weighted by Gasteiger charge is -2.24. The molecule has 0 aromatic heterocycles. The number of rotatable bonds is 6. The molecule has 0 fully saturated rings. The van der Waals surface area contributed by atoms with Crippen molar-refractivity contribution in [1.82, 2.24) is 5.32 Å². The van der Waals surface area contributed by atoms with Crippen LogP contribution in [-0.2, 0) is 4.79 Å². The van der Waals surface area contributed by atoms with Crippen molar-refractivity contribution in [1.29, 1.82) is 0 Å². The summed E-state index contributed by atoms with van der Waals surface area (Å²) in [6, 6.07) is 5.27. The molecule has 0 saturated heterocycles. The van der Waals surface area contributed by atoms with Crippen molar-refractivity contribution in [3.63, 3.8) is 0 Å². The van der Waals surface area contributed by atoms with E-state index in [4.69, 9.17) is 23.2 Å². The molecule has 0 aliphatic heterocycles. The second kappa shape index (κ2) is 8.45. The Bertz CT molecular complexity index is 481. The maximum atomic E-state index is 11.9. The summed E-state index contributed by atoms with van der Waals surface area (Å²) in [5.74, 6) is 1.41. The number of halogens is 2. The Morgan fingerprint density at radius 2 is 1.67 bits per heavy atom. The second-order valence-electron chi connectivity index (χ2n) is 5.87. The van der Waals surface area contributed by atoms with Gasteiger partial charge in [0.2, 0.25) is 5.91 Å². The van der Waals surface area contributed by atoms with Gasteiger partial charge in [0.05, 0.1) is 0 Å². The summed E-state index contributed by atoms with van der Waals surface area (Å²) in [5.41, 5.74) is 0.667. The Morgan fingerprint density at radius 3 is 2.14 bits per heavy atom. The van der Waals surface area contributed by atoms with E-state index >= 15 is 0 Å². The quantitative estimate of drug-likeness (QED) is 0.727. The molecule has 1 N–H and O–H groups in total. The molecule has 116 valence electrons. The van der Waals surface area contributed by atoms with E-state index in [0.29, 0.717) is 39.9 Å². The number of carbonyl (C=O) groups is 1. The van der Waals surface area contributed by atoms with Crippen LogP contribution in [0.15, 0.2) is 24.3 Å². The largest absolute Gasteiger partial charge is 0.352 e. The molecule has 0 spiro atoms. The first kappa shape index (κ1) is 18.1. The van der Waals surface area contributed by atoms with Crippen molar-refractivity contribution in [2.45, 2.75) is 27.7 Å². The summed E-state index contributed by atoms with van der Waals surface area (Å²) in [6.45, 7) is 9.38. The van der Waals surface area contributed by atoms with Gasteiger partial charge in [-0.25, -0.2) is 0 Å². The van der Waals surface area contributed by atoms with Gasteiger partial charge >= 0.3 is 0 Å². The molecule has 0 unspecified atom stereocenters. The smallest absolute Gasteiger partial charge is 0.244 e. The molecule has 1 aromatic rings. The zero-order chi connectivity index (χ0) is 16.0. The van der Waals surface area contributed by atoms with Gasteiger partial charge in [0, 0.05) is 28.2 Å². The van der Waals surface area contributed by atoms with E-state index in [9.17, 15) is 4.79 Å². The van der Waals surface area contributed by atoms with Gasteiger partial charge in [0.1, 0.15) is 0 Å². The van der Waals surface area contributed by atoms with E-state index in [-0.39, 0.29) is 5.91 Å². The number of hydrogen-bond donors (Lipinski definition) is 1. The van der Waals surface area contributed by atoms with Crippen LogP contribution < -0.4 is 5.32 Å². The van der Waals surface area contributed by atoms with Crippen molar-refractivity contribution in [3.05, 3.63) is 39.9 Å². The SMILES string of the molecule is CC(C)C(CNC(=O)/C=C/c1c(Cl)cccc1Cl)C(C)C. The highest BCUT2D eigenvalue weighted by atomic mass is 35.5. The van der Waals surface area contributed by atoms with E-state index in [1.807, 2.05) is 0 Å². The van der Waals surface area contributed by atoms with Gasteiger partial charge in [-0.05, 0) is 36.0 Å². The molecular formula is C17H23Cl2NO. The van der Waals surface area contributed by atoms with Crippen molar-refractivity contribution < 1.29 is 4.79 Å². The van der Waals surface area contributed by atoms with Gasteiger partial charge in [-0.15, -0.1) is 0 Å². The fourth-order valence-electron chi connectivity index (χ4n) is 2.35. The predicted molar refractivity (Wildman–Crippen MR) is 91.7 cm³/mol. The Labute approximate surface area is 137 Å². The van der Waals surface area contributed by atoms with Crippen molar-refractivity contribution in [2.24, 2.45) is 17.8 Å². The van der Waals surface area contributed by atoms with Crippen molar-refractivity contribution >= 4 is 35.2 Å². The number of benzene rings is 1. The number of nitrogens with one attached hydrogen (secondary N) is 1. The fourth-order valence-corrected chi connectivity index (χ4v) is 2.87. The molecule has 0 aliphatic rings. The molecule has 0 saturated carbocycles. The van der Waals surface area contributed by atoms with Crippen molar-refractivity contribution in [3.8, 4) is 0 Å². The molecule has 21 heavy (non-hydrogen) atoms. The topological polar surface area (TPSA) is 29.1 Å². The third-order valence-electron chi connectivity index (χ3n) is 3.63. The van der Waals surface area contributed by atoms with Crippen LogP contribution in [0.4, 0.5) is 0 Å². The van der Waals surface area contributed by atoms with Crippen LogP contribution in [0.1, 0.15) is 33.3 Å². The summed E-state index contributed by atoms with van der Waals surface area (Å²) >= 11 is 12.1. The second-order valence-corrected chi connectivity index (χ2v) is 6.68. The van der Waals surface area contributed by atoms with Crippen LogP contribution in [-0.4, -0.2) is 12.5 Å². The minimum absolute atomic E-state index is 0.128. The van der Waals surface area contributed by atoms with Crippen LogP contribution in [0.3, 0.4) is 0 Å². The number of hydrogen-bond acceptors (Lipinski definition) is 1. The maximum absolute atomic E-state index is 11.9. The summed E-state index contributed by atoms with van der Waals surface area (Å²) in [7, 11) is 0. The zero-order valence-corrected chi connectivity index (χ0v) is 14.5. The number of carbonyl (C=O) groups excluding carboxylic acids is 1. The summed E-state index contributed by atoms with van der Waals surface area (Å²) in [5, 5.41) is 4.01. The average molecular weight is 328 g/mol. The minimum atomic E-state index is -0.128. The summed E-state index contributed by atoms with van der Waals surface area (Å²) in [4.78, 5) is 11.9. The molecule has 1 amide bonds. The molecule has 0 atom stereocenters. The Balaban J connectivity index is 2.63. The van der Waals surface area contributed by atoms with Gasteiger partial charge < -0.3 is 5.32 Å². The molecule has 0 radical (unpaired) electrons. The first-order chi connectivity index (χ1) is 9.82. The Hall–Kier alpha value is -0.990. The van der Waals surface area contributed by atoms with E-state index in [1.54, 1.807) is 24.3 Å². The van der Waals surface area contributed by atoms with Crippen LogP contribution in [0.25, 0.3) is 6.08 Å². The third-order valence-corrected chi connectivity index (χ3v) is 4.28. The van der Waals surface area contributed by atoms with Gasteiger partial charge in [0.15, 0.2) is 0 Å². The Kier molecular flexibility index (Phi) is 7.27. The van der Waals surface area contributed by atoms with Crippen molar-refractivity contribution in [2.75, 3.05) is 6.54 Å². The maximum Gasteiger partial charge on any atom is 0.244 e. The summed E-state index contributed by atoms with van der Waals surface area (Å²) < 4.78 is 0. The lowest BCUT2D eigenvalue weighted by atomic mass is 9.85. The van der Waals surface area contributed by atoms with E-state index in [1.165, 1.54) is 6.08 Å². The fraction of sp³-hybridized carbons (Fsp3) is 0.471. The lowest BCUT2D eigenvalue weighted by molar-refractivity contribution is -0.116. The molecule has 1 rings (SSSR count). The molecule has 0 aliphatic carbocycles. The van der Waals surface area contributed by atoms with Crippen LogP contribution in [0.2, 0.25) is 10.0 Å². The molecule has 0 heterocycles. The van der Waals surface area contributed by atoms with Gasteiger partial charge in [-0.1, -0.05) is 57.0 Å². The third kappa shape index (κ3) is 5.72. The van der Waals surface area contributed by atoms with Crippen LogP contribution in [0.5, 0.6) is 0 Å². The van der Waals surface area contributed by atoms with Gasteiger partial charge in [-0.3, -0.25) is 4.79 Å². The molecule has 4 heteroatoms. The normalized spacial score (nSPS) is 11.9. The Morgan fingerprint density at radius 1 is 1.14 bits per heavy atom. The van der Waals surface area contributed by atoms with Crippen LogP contribution >= 0.6 is 23.2 Å². The number of amides is 1.